The average molecular weight is 313 g/mol. The second-order valence-electron chi connectivity index (χ2n) is 5.42. The highest BCUT2D eigenvalue weighted by Gasteiger charge is 2.24. The van der Waals surface area contributed by atoms with Crippen LogP contribution in [-0.2, 0) is 0 Å². The summed E-state index contributed by atoms with van der Waals surface area (Å²) in [7, 11) is 0. The minimum Gasteiger partial charge on any atom is -0.354 e. The first-order chi connectivity index (χ1) is 11.0. The number of aryl methyl sites for hydroxylation is 1. The van der Waals surface area contributed by atoms with Gasteiger partial charge in [-0.25, -0.2) is 0 Å². The highest BCUT2D eigenvalue weighted by molar-refractivity contribution is 6.08. The van der Waals surface area contributed by atoms with Crippen LogP contribution in [0, 0.1) is 13.8 Å². The van der Waals surface area contributed by atoms with Gasteiger partial charge in [0.25, 0.3) is 11.8 Å². The maximum atomic E-state index is 12.5. The zero-order valence-corrected chi connectivity index (χ0v) is 14.1. The molecule has 0 radical (unpaired) electrons. The molecule has 1 aromatic heterocycles. The number of carbonyl (C=O) groups is 2. The van der Waals surface area contributed by atoms with Crippen LogP contribution in [0.25, 0.3) is 0 Å². The van der Waals surface area contributed by atoms with Gasteiger partial charge in [0.15, 0.2) is 0 Å². The van der Waals surface area contributed by atoms with Gasteiger partial charge in [-0.05, 0) is 45.4 Å². The average Bonchev–Trinajstić information content (AvgIpc) is 2.84. The van der Waals surface area contributed by atoms with Gasteiger partial charge in [0.2, 0.25) is 0 Å². The molecule has 0 aliphatic carbocycles. The van der Waals surface area contributed by atoms with Gasteiger partial charge in [0.05, 0.1) is 5.56 Å². The van der Waals surface area contributed by atoms with E-state index in [4.69, 9.17) is 0 Å². The number of para-hydroxylation sites is 1. The van der Waals surface area contributed by atoms with Crippen LogP contribution in [0.15, 0.2) is 30.3 Å². The lowest BCUT2D eigenvalue weighted by molar-refractivity contribution is 0.0767. The second kappa shape index (κ2) is 7.13. The van der Waals surface area contributed by atoms with E-state index in [1.165, 1.54) is 0 Å². The Morgan fingerprint density at radius 3 is 2.26 bits per heavy atom. The molecule has 23 heavy (non-hydrogen) atoms. The number of amides is 2. The molecule has 0 aliphatic rings. The normalized spacial score (nSPS) is 10.4. The molecule has 0 aliphatic heterocycles. The van der Waals surface area contributed by atoms with E-state index < -0.39 is 0 Å². The first-order valence-electron chi connectivity index (χ1n) is 7.84. The molecule has 0 saturated carbocycles. The van der Waals surface area contributed by atoms with E-state index in [1.807, 2.05) is 51.1 Å². The molecule has 1 aromatic carbocycles. The molecule has 2 rings (SSSR count). The van der Waals surface area contributed by atoms with Crippen molar-refractivity contribution in [1.29, 1.82) is 0 Å². The smallest absolute Gasteiger partial charge is 0.270 e. The number of hydrogen-bond donors (Lipinski definition) is 2. The zero-order valence-electron chi connectivity index (χ0n) is 14.1. The molecule has 0 bridgehead atoms. The van der Waals surface area contributed by atoms with E-state index in [0.717, 1.165) is 5.69 Å². The number of anilines is 1. The zero-order chi connectivity index (χ0) is 17.0. The van der Waals surface area contributed by atoms with Gasteiger partial charge >= 0.3 is 0 Å². The van der Waals surface area contributed by atoms with Crippen molar-refractivity contribution in [2.45, 2.75) is 27.7 Å². The SMILES string of the molecule is CCN(CC)C(=O)c1[nH]c(C)c(C(=O)Nc2ccccc2)c1C. The van der Waals surface area contributed by atoms with Crippen molar-refractivity contribution < 1.29 is 9.59 Å². The molecule has 0 saturated heterocycles. The molecule has 122 valence electrons. The second-order valence-corrected chi connectivity index (χ2v) is 5.42. The number of hydrogen-bond acceptors (Lipinski definition) is 2. The summed E-state index contributed by atoms with van der Waals surface area (Å²) in [6.45, 7) is 8.77. The lowest BCUT2D eigenvalue weighted by Crippen LogP contribution is -2.31. The van der Waals surface area contributed by atoms with Crippen LogP contribution in [-0.4, -0.2) is 34.8 Å². The van der Waals surface area contributed by atoms with Crippen molar-refractivity contribution in [3.05, 3.63) is 52.8 Å². The fourth-order valence-corrected chi connectivity index (χ4v) is 2.69. The summed E-state index contributed by atoms with van der Waals surface area (Å²) < 4.78 is 0. The van der Waals surface area contributed by atoms with E-state index in [2.05, 4.69) is 10.3 Å². The molecular formula is C18H23N3O2. The van der Waals surface area contributed by atoms with Gasteiger partial charge in [0.1, 0.15) is 5.69 Å². The largest absolute Gasteiger partial charge is 0.354 e. The van der Waals surface area contributed by atoms with Crippen molar-refractivity contribution >= 4 is 17.5 Å². The molecule has 2 aromatic rings. The Hall–Kier alpha value is -2.56. The number of aromatic amines is 1. The summed E-state index contributed by atoms with van der Waals surface area (Å²) in [5.41, 5.74) is 3.14. The van der Waals surface area contributed by atoms with Crippen LogP contribution in [0.2, 0.25) is 0 Å². The Morgan fingerprint density at radius 2 is 1.70 bits per heavy atom. The molecule has 0 spiro atoms. The van der Waals surface area contributed by atoms with Crippen LogP contribution in [0.1, 0.15) is 46.0 Å². The number of carbonyl (C=O) groups excluding carboxylic acids is 2. The minimum atomic E-state index is -0.207. The van der Waals surface area contributed by atoms with E-state index >= 15 is 0 Å². The number of nitrogens with one attached hydrogen (secondary N) is 2. The van der Waals surface area contributed by atoms with Crippen molar-refractivity contribution in [3.63, 3.8) is 0 Å². The molecule has 2 amide bonds. The third-order valence-corrected chi connectivity index (χ3v) is 3.96. The molecule has 0 unspecified atom stereocenters. The molecule has 5 heteroatoms. The molecule has 0 fully saturated rings. The predicted octanol–water partition coefficient (Wildman–Crippen LogP) is 3.37. The number of benzene rings is 1. The van der Waals surface area contributed by atoms with Crippen LogP contribution >= 0.6 is 0 Å². The Morgan fingerprint density at radius 1 is 1.09 bits per heavy atom. The number of nitrogens with zero attached hydrogens (tertiary/aromatic N) is 1. The first kappa shape index (κ1) is 16.8. The lowest BCUT2D eigenvalue weighted by atomic mass is 10.1. The van der Waals surface area contributed by atoms with Gasteiger partial charge in [-0.3, -0.25) is 9.59 Å². The monoisotopic (exact) mass is 313 g/mol. The van der Waals surface area contributed by atoms with Crippen LogP contribution in [0.5, 0.6) is 0 Å². The van der Waals surface area contributed by atoms with E-state index in [9.17, 15) is 9.59 Å². The Bertz CT molecular complexity index is 701. The molecule has 0 atom stereocenters. The predicted molar refractivity (Wildman–Crippen MR) is 91.9 cm³/mol. The number of rotatable bonds is 5. The Labute approximate surface area is 136 Å². The number of H-pyrrole nitrogens is 1. The highest BCUT2D eigenvalue weighted by atomic mass is 16.2. The van der Waals surface area contributed by atoms with E-state index in [0.29, 0.717) is 35.6 Å². The van der Waals surface area contributed by atoms with Crippen LogP contribution < -0.4 is 5.32 Å². The standard InChI is InChI=1S/C18H23N3O2/c1-5-21(6-2)18(23)16-12(3)15(13(4)19-16)17(22)20-14-10-8-7-9-11-14/h7-11,19H,5-6H2,1-4H3,(H,20,22). The minimum absolute atomic E-state index is 0.0747. The van der Waals surface area contributed by atoms with Gasteiger partial charge in [0, 0.05) is 24.5 Å². The van der Waals surface area contributed by atoms with Crippen molar-refractivity contribution in [2.75, 3.05) is 18.4 Å². The quantitative estimate of drug-likeness (QED) is 0.889. The fourth-order valence-electron chi connectivity index (χ4n) is 2.69. The number of aromatic nitrogens is 1. The summed E-state index contributed by atoms with van der Waals surface area (Å²) in [6.07, 6.45) is 0. The summed E-state index contributed by atoms with van der Waals surface area (Å²) in [5.74, 6) is -0.282. The maximum absolute atomic E-state index is 12.5. The third-order valence-electron chi connectivity index (χ3n) is 3.96. The molecular weight excluding hydrogens is 290 g/mol. The summed E-state index contributed by atoms with van der Waals surface area (Å²) in [6, 6.07) is 9.28. The van der Waals surface area contributed by atoms with E-state index in [-0.39, 0.29) is 11.8 Å². The van der Waals surface area contributed by atoms with Crippen molar-refractivity contribution in [3.8, 4) is 0 Å². The Balaban J connectivity index is 2.30. The van der Waals surface area contributed by atoms with Gasteiger partial charge in [-0.15, -0.1) is 0 Å². The fraction of sp³-hybridized carbons (Fsp3) is 0.333. The van der Waals surface area contributed by atoms with Crippen molar-refractivity contribution in [2.24, 2.45) is 0 Å². The topological polar surface area (TPSA) is 65.2 Å². The van der Waals surface area contributed by atoms with E-state index in [1.54, 1.807) is 11.8 Å². The van der Waals surface area contributed by atoms with Crippen LogP contribution in [0.4, 0.5) is 5.69 Å². The first-order valence-corrected chi connectivity index (χ1v) is 7.84. The van der Waals surface area contributed by atoms with Crippen molar-refractivity contribution in [1.82, 2.24) is 9.88 Å². The molecule has 2 N–H and O–H groups in total. The summed E-state index contributed by atoms with van der Waals surface area (Å²) in [5, 5.41) is 2.87. The Kier molecular flexibility index (Phi) is 5.21. The van der Waals surface area contributed by atoms with Gasteiger partial charge in [-0.1, -0.05) is 18.2 Å². The molecule has 5 nitrogen and oxygen atoms in total. The third kappa shape index (κ3) is 3.44. The summed E-state index contributed by atoms with van der Waals surface area (Å²) in [4.78, 5) is 29.9. The maximum Gasteiger partial charge on any atom is 0.270 e. The van der Waals surface area contributed by atoms with Gasteiger partial charge < -0.3 is 15.2 Å². The highest BCUT2D eigenvalue weighted by Crippen LogP contribution is 2.21. The molecule has 1 heterocycles. The summed E-state index contributed by atoms with van der Waals surface area (Å²) >= 11 is 0. The van der Waals surface area contributed by atoms with Crippen LogP contribution in [0.3, 0.4) is 0 Å². The lowest BCUT2D eigenvalue weighted by Gasteiger charge is -2.18. The van der Waals surface area contributed by atoms with Gasteiger partial charge in [-0.2, -0.15) is 0 Å².